The Hall–Kier alpha value is -2.66. The second-order valence-electron chi connectivity index (χ2n) is 7.68. The van der Waals surface area contributed by atoms with Gasteiger partial charge in [0.25, 0.3) is 0 Å². The third-order valence-electron chi connectivity index (χ3n) is 5.88. The van der Waals surface area contributed by atoms with Crippen molar-refractivity contribution in [2.24, 2.45) is 0 Å². The molecule has 0 bridgehead atoms. The van der Waals surface area contributed by atoms with Crippen molar-refractivity contribution in [3.8, 4) is 0 Å². The molecule has 1 saturated heterocycles. The molecule has 0 radical (unpaired) electrons. The van der Waals surface area contributed by atoms with Crippen LogP contribution in [0.4, 0.5) is 0 Å². The molecule has 2 aromatic carbocycles. The van der Waals surface area contributed by atoms with E-state index in [0.29, 0.717) is 26.2 Å². The van der Waals surface area contributed by atoms with Gasteiger partial charge in [-0.15, -0.1) is 0 Å². The molecule has 1 fully saturated rings. The Morgan fingerprint density at radius 3 is 2.64 bits per heavy atom. The Balaban J connectivity index is 1.38. The van der Waals surface area contributed by atoms with E-state index in [0.717, 1.165) is 18.4 Å². The van der Waals surface area contributed by atoms with Crippen molar-refractivity contribution in [2.45, 2.75) is 32.0 Å². The molecular formula is C23H26N2O3. The van der Waals surface area contributed by atoms with Crippen molar-refractivity contribution < 1.29 is 14.3 Å². The molecule has 0 aromatic heterocycles. The van der Waals surface area contributed by atoms with Gasteiger partial charge >= 0.3 is 0 Å². The van der Waals surface area contributed by atoms with Crippen molar-refractivity contribution in [3.05, 3.63) is 71.3 Å². The van der Waals surface area contributed by atoms with Gasteiger partial charge in [0.15, 0.2) is 0 Å². The van der Waals surface area contributed by atoms with E-state index in [1.807, 2.05) is 47.4 Å². The molecule has 1 spiro atoms. The highest BCUT2D eigenvalue weighted by atomic mass is 16.5. The van der Waals surface area contributed by atoms with Crippen LogP contribution in [0.15, 0.2) is 54.6 Å². The Morgan fingerprint density at radius 2 is 1.86 bits per heavy atom. The molecule has 0 unspecified atom stereocenters. The van der Waals surface area contributed by atoms with E-state index < -0.39 is 0 Å². The molecule has 5 nitrogen and oxygen atoms in total. The summed E-state index contributed by atoms with van der Waals surface area (Å²) in [6.45, 7) is 4.03. The molecule has 5 heteroatoms. The van der Waals surface area contributed by atoms with Crippen LogP contribution in [0.25, 0.3) is 0 Å². The number of fused-ring (bicyclic) bond motifs is 2. The fraction of sp³-hybridized carbons (Fsp3) is 0.391. The van der Waals surface area contributed by atoms with Gasteiger partial charge in [0.2, 0.25) is 11.8 Å². The normalized spacial score (nSPS) is 20.4. The molecule has 2 aliphatic rings. The summed E-state index contributed by atoms with van der Waals surface area (Å²) >= 11 is 0. The van der Waals surface area contributed by atoms with Crippen molar-refractivity contribution >= 4 is 11.8 Å². The third-order valence-corrected chi connectivity index (χ3v) is 5.88. The Morgan fingerprint density at radius 1 is 1.11 bits per heavy atom. The molecule has 0 N–H and O–H groups in total. The lowest BCUT2D eigenvalue weighted by Crippen LogP contribution is -2.43. The molecular weight excluding hydrogens is 352 g/mol. The number of ether oxygens (including phenoxy) is 1. The average molecular weight is 378 g/mol. The maximum Gasteiger partial charge on any atom is 0.242 e. The van der Waals surface area contributed by atoms with E-state index in [1.165, 1.54) is 18.1 Å². The van der Waals surface area contributed by atoms with Crippen LogP contribution in [0.5, 0.6) is 0 Å². The smallest absolute Gasteiger partial charge is 0.242 e. The predicted octanol–water partition coefficient (Wildman–Crippen LogP) is 2.74. The first kappa shape index (κ1) is 18.7. The van der Waals surface area contributed by atoms with Crippen LogP contribution in [-0.2, 0) is 33.0 Å². The molecule has 1 atom stereocenters. The highest BCUT2D eigenvalue weighted by molar-refractivity contribution is 5.84. The lowest BCUT2D eigenvalue weighted by molar-refractivity contribution is -0.139. The van der Waals surface area contributed by atoms with Gasteiger partial charge in [-0.1, -0.05) is 54.6 Å². The number of carbonyl (C=O) groups excluding carboxylic acids is 2. The highest BCUT2D eigenvalue weighted by Gasteiger charge is 2.46. The number of nitrogens with zero attached hydrogens (tertiary/aromatic N) is 2. The van der Waals surface area contributed by atoms with E-state index in [1.54, 1.807) is 4.90 Å². The van der Waals surface area contributed by atoms with Crippen LogP contribution in [0.2, 0.25) is 0 Å². The number of carbonyl (C=O) groups is 2. The Kier molecular flexibility index (Phi) is 5.18. The van der Waals surface area contributed by atoms with E-state index in [9.17, 15) is 9.59 Å². The van der Waals surface area contributed by atoms with Gasteiger partial charge in [-0.2, -0.15) is 0 Å². The summed E-state index contributed by atoms with van der Waals surface area (Å²) < 4.78 is 6.14. The Bertz CT molecular complexity index is 867. The van der Waals surface area contributed by atoms with Crippen LogP contribution in [0.3, 0.4) is 0 Å². The SMILES string of the molecule is CC(=O)N(CCc1ccccc1)CC(=O)N1CC[C@@]2(C1)OCc1ccccc12. The molecule has 28 heavy (non-hydrogen) atoms. The monoisotopic (exact) mass is 378 g/mol. The highest BCUT2D eigenvalue weighted by Crippen LogP contribution is 2.43. The molecule has 146 valence electrons. The number of rotatable bonds is 5. The van der Waals surface area contributed by atoms with Gasteiger partial charge in [-0.05, 0) is 29.5 Å². The molecule has 0 saturated carbocycles. The molecule has 0 aliphatic carbocycles. The van der Waals surface area contributed by atoms with Gasteiger partial charge in [0.05, 0.1) is 19.7 Å². The van der Waals surface area contributed by atoms with Crippen LogP contribution >= 0.6 is 0 Å². The van der Waals surface area contributed by atoms with Gasteiger partial charge in [0, 0.05) is 20.0 Å². The number of benzene rings is 2. The van der Waals surface area contributed by atoms with E-state index in [4.69, 9.17) is 4.74 Å². The van der Waals surface area contributed by atoms with Crippen LogP contribution in [0, 0.1) is 0 Å². The molecule has 4 rings (SSSR count). The zero-order valence-corrected chi connectivity index (χ0v) is 16.3. The molecule has 2 aliphatic heterocycles. The van der Waals surface area contributed by atoms with Crippen molar-refractivity contribution in [1.82, 2.24) is 9.80 Å². The summed E-state index contributed by atoms with van der Waals surface area (Å²) in [4.78, 5) is 28.4. The summed E-state index contributed by atoms with van der Waals surface area (Å²) in [6, 6.07) is 18.3. The predicted molar refractivity (Wildman–Crippen MR) is 107 cm³/mol. The van der Waals surface area contributed by atoms with Crippen LogP contribution in [-0.4, -0.2) is 47.8 Å². The summed E-state index contributed by atoms with van der Waals surface area (Å²) in [6.07, 6.45) is 1.55. The first-order chi connectivity index (χ1) is 13.6. The second-order valence-corrected chi connectivity index (χ2v) is 7.68. The lowest BCUT2D eigenvalue weighted by atomic mass is 9.92. The summed E-state index contributed by atoms with van der Waals surface area (Å²) in [5.41, 5.74) is 3.21. The third kappa shape index (κ3) is 3.67. The summed E-state index contributed by atoms with van der Waals surface area (Å²) in [5, 5.41) is 0. The van der Waals surface area contributed by atoms with Gasteiger partial charge in [0.1, 0.15) is 5.60 Å². The van der Waals surface area contributed by atoms with E-state index in [-0.39, 0.29) is 24.0 Å². The zero-order valence-electron chi connectivity index (χ0n) is 16.3. The minimum Gasteiger partial charge on any atom is -0.364 e. The van der Waals surface area contributed by atoms with Crippen molar-refractivity contribution in [3.63, 3.8) is 0 Å². The second kappa shape index (κ2) is 7.76. The van der Waals surface area contributed by atoms with Gasteiger partial charge < -0.3 is 14.5 Å². The molecule has 2 heterocycles. The van der Waals surface area contributed by atoms with Crippen molar-refractivity contribution in [1.29, 1.82) is 0 Å². The minimum absolute atomic E-state index is 0.00637. The minimum atomic E-state index is -0.378. The lowest BCUT2D eigenvalue weighted by Gasteiger charge is -2.27. The standard InChI is InChI=1S/C23H26N2O3/c1-18(26)24(13-11-19-7-3-2-4-8-19)15-22(27)25-14-12-23(17-25)21-10-6-5-9-20(21)16-28-23/h2-10H,11-17H2,1H3/t23-/m0/s1. The van der Waals surface area contributed by atoms with Gasteiger partial charge in [-0.25, -0.2) is 0 Å². The number of amides is 2. The first-order valence-electron chi connectivity index (χ1n) is 9.87. The first-order valence-corrected chi connectivity index (χ1v) is 9.87. The maximum atomic E-state index is 12.9. The molecule has 2 aromatic rings. The average Bonchev–Trinajstić information content (AvgIpc) is 3.31. The summed E-state index contributed by atoms with van der Waals surface area (Å²) in [7, 11) is 0. The number of hydrogen-bond acceptors (Lipinski definition) is 3. The van der Waals surface area contributed by atoms with Crippen LogP contribution in [0.1, 0.15) is 30.0 Å². The van der Waals surface area contributed by atoms with Crippen molar-refractivity contribution in [2.75, 3.05) is 26.2 Å². The number of hydrogen-bond donors (Lipinski definition) is 0. The van der Waals surface area contributed by atoms with Crippen LogP contribution < -0.4 is 0 Å². The Labute approximate surface area is 165 Å². The number of likely N-dealkylation sites (tertiary alicyclic amines) is 1. The fourth-order valence-electron chi connectivity index (χ4n) is 4.24. The quantitative estimate of drug-likeness (QED) is 0.804. The summed E-state index contributed by atoms with van der Waals surface area (Å²) in [5.74, 6) is -0.0752. The van der Waals surface area contributed by atoms with Gasteiger partial charge in [-0.3, -0.25) is 9.59 Å². The fourth-order valence-corrected chi connectivity index (χ4v) is 4.24. The maximum absolute atomic E-state index is 12.9. The molecule has 2 amide bonds. The van der Waals surface area contributed by atoms with E-state index in [2.05, 4.69) is 12.1 Å². The largest absolute Gasteiger partial charge is 0.364 e. The zero-order chi connectivity index (χ0) is 19.6. The van der Waals surface area contributed by atoms with E-state index >= 15 is 0 Å². The topological polar surface area (TPSA) is 49.9 Å².